The maximum absolute atomic E-state index is 4.96. The third-order valence-electron chi connectivity index (χ3n) is 5.22. The topological polar surface area (TPSA) is 32.6 Å². The molecule has 0 fully saturated rings. The molecule has 2 aromatic carbocycles. The molecule has 2 aromatic heterocycles. The molecule has 4 rings (SSSR count). The molecule has 0 spiro atoms. The predicted molar refractivity (Wildman–Crippen MR) is 119 cm³/mol. The fourth-order valence-electron chi connectivity index (χ4n) is 3.62. The van der Waals surface area contributed by atoms with E-state index >= 15 is 0 Å². The van der Waals surface area contributed by atoms with Crippen molar-refractivity contribution in [2.24, 2.45) is 0 Å². The second kappa shape index (κ2) is 7.04. The molecule has 1 N–H and O–H groups in total. The first-order chi connectivity index (χ1) is 13.5. The Hall–Kier alpha value is -3.27. The maximum Gasteiger partial charge on any atom is 0.143 e. The third-order valence-corrected chi connectivity index (χ3v) is 5.22. The normalized spacial score (nSPS) is 11.0. The summed E-state index contributed by atoms with van der Waals surface area (Å²) in [5.74, 6) is 1.00. The van der Waals surface area contributed by atoms with Gasteiger partial charge in [0.15, 0.2) is 0 Å². The number of pyridine rings is 1. The largest absolute Gasteiger partial charge is 0.378 e. The number of rotatable bonds is 4. The van der Waals surface area contributed by atoms with E-state index in [-0.39, 0.29) is 0 Å². The fraction of sp³-hybridized carbons (Fsp3) is 0.208. The second-order valence-corrected chi connectivity index (χ2v) is 7.50. The molecule has 142 valence electrons. The minimum atomic E-state index is 0.945. The highest BCUT2D eigenvalue weighted by atomic mass is 15.1. The van der Waals surface area contributed by atoms with Gasteiger partial charge in [0.2, 0.25) is 0 Å². The van der Waals surface area contributed by atoms with E-state index in [2.05, 4.69) is 110 Å². The minimum absolute atomic E-state index is 0.945. The van der Waals surface area contributed by atoms with Gasteiger partial charge >= 0.3 is 0 Å². The molecule has 0 aliphatic rings. The molecule has 0 amide bonds. The van der Waals surface area contributed by atoms with E-state index in [9.17, 15) is 0 Å². The molecule has 0 aliphatic heterocycles. The van der Waals surface area contributed by atoms with Crippen LogP contribution in [-0.4, -0.2) is 23.5 Å². The molecule has 28 heavy (non-hydrogen) atoms. The molecule has 0 radical (unpaired) electrons. The van der Waals surface area contributed by atoms with Crippen molar-refractivity contribution in [3.05, 3.63) is 77.5 Å². The molecule has 0 unspecified atom stereocenters. The van der Waals surface area contributed by atoms with Crippen LogP contribution in [0.2, 0.25) is 0 Å². The zero-order chi connectivity index (χ0) is 19.8. The summed E-state index contributed by atoms with van der Waals surface area (Å²) in [5.41, 5.74) is 8.90. The molecule has 4 aromatic rings. The molecule has 0 aliphatic carbocycles. The summed E-state index contributed by atoms with van der Waals surface area (Å²) < 4.78 is 2.20. The van der Waals surface area contributed by atoms with Gasteiger partial charge in [0, 0.05) is 36.7 Å². The van der Waals surface area contributed by atoms with Gasteiger partial charge in [-0.25, -0.2) is 4.98 Å². The number of aromatic nitrogens is 2. The van der Waals surface area contributed by atoms with E-state index in [1.54, 1.807) is 0 Å². The molecule has 2 heterocycles. The average Bonchev–Trinajstić information content (AvgIpc) is 3.04. The first kappa shape index (κ1) is 18.1. The summed E-state index contributed by atoms with van der Waals surface area (Å²) >= 11 is 0. The summed E-state index contributed by atoms with van der Waals surface area (Å²) in [6.07, 6.45) is 0. The number of nitrogens with one attached hydrogen (secondary N) is 1. The minimum Gasteiger partial charge on any atom is -0.378 e. The Bertz CT molecular complexity index is 1120. The Kier molecular flexibility index (Phi) is 4.55. The molecule has 4 heteroatoms. The Morgan fingerprint density at radius 3 is 2.11 bits per heavy atom. The van der Waals surface area contributed by atoms with Crippen molar-refractivity contribution in [1.82, 2.24) is 9.38 Å². The third kappa shape index (κ3) is 3.11. The van der Waals surface area contributed by atoms with Crippen LogP contribution in [0.15, 0.2) is 60.7 Å². The van der Waals surface area contributed by atoms with Crippen LogP contribution in [-0.2, 0) is 0 Å². The molecular weight excluding hydrogens is 344 g/mol. The van der Waals surface area contributed by atoms with Crippen molar-refractivity contribution in [3.63, 3.8) is 0 Å². The van der Waals surface area contributed by atoms with Crippen LogP contribution in [0, 0.1) is 20.8 Å². The number of anilines is 3. The molecule has 0 saturated heterocycles. The van der Waals surface area contributed by atoms with Gasteiger partial charge in [-0.1, -0.05) is 36.4 Å². The van der Waals surface area contributed by atoms with E-state index in [1.807, 2.05) is 0 Å². The lowest BCUT2D eigenvalue weighted by molar-refractivity contribution is 1.09. The highest BCUT2D eigenvalue weighted by molar-refractivity contribution is 5.82. The van der Waals surface area contributed by atoms with E-state index in [4.69, 9.17) is 4.98 Å². The highest BCUT2D eigenvalue weighted by Crippen LogP contribution is 2.34. The number of nitrogens with zero attached hydrogens (tertiary/aromatic N) is 3. The van der Waals surface area contributed by atoms with Gasteiger partial charge < -0.3 is 10.2 Å². The van der Waals surface area contributed by atoms with Gasteiger partial charge in [-0.15, -0.1) is 0 Å². The van der Waals surface area contributed by atoms with Crippen LogP contribution in [0.1, 0.15) is 16.8 Å². The van der Waals surface area contributed by atoms with Crippen molar-refractivity contribution in [2.75, 3.05) is 24.3 Å². The lowest BCUT2D eigenvalue weighted by Gasteiger charge is -2.16. The maximum atomic E-state index is 4.96. The smallest absolute Gasteiger partial charge is 0.143 e. The Labute approximate surface area is 166 Å². The number of hydrogen-bond donors (Lipinski definition) is 1. The quantitative estimate of drug-likeness (QED) is 0.497. The first-order valence-corrected chi connectivity index (χ1v) is 9.55. The van der Waals surface area contributed by atoms with Crippen LogP contribution >= 0.6 is 0 Å². The number of aryl methyl sites for hydroxylation is 3. The van der Waals surface area contributed by atoms with Crippen LogP contribution in [0.4, 0.5) is 17.2 Å². The van der Waals surface area contributed by atoms with Crippen LogP contribution in [0.25, 0.3) is 16.9 Å². The molecule has 0 saturated carbocycles. The van der Waals surface area contributed by atoms with Crippen molar-refractivity contribution < 1.29 is 0 Å². The highest BCUT2D eigenvalue weighted by Gasteiger charge is 2.17. The van der Waals surface area contributed by atoms with Crippen LogP contribution in [0.5, 0.6) is 0 Å². The van der Waals surface area contributed by atoms with Crippen molar-refractivity contribution in [1.29, 1.82) is 0 Å². The predicted octanol–water partition coefficient (Wildman–Crippen LogP) is 5.74. The standard InChI is InChI=1S/C24H26N4/c1-16-8-6-9-17(2)22(16)26-24-23(19-12-14-20(15-13-19)27(4)5)25-21-11-7-10-18(3)28(21)24/h6-15,26H,1-5H3. The first-order valence-electron chi connectivity index (χ1n) is 9.55. The molecule has 4 nitrogen and oxygen atoms in total. The monoisotopic (exact) mass is 370 g/mol. The number of imidazole rings is 1. The van der Waals surface area contributed by atoms with E-state index in [0.29, 0.717) is 0 Å². The fourth-order valence-corrected chi connectivity index (χ4v) is 3.62. The number of fused-ring (bicyclic) bond motifs is 1. The molecule has 0 bridgehead atoms. The number of benzene rings is 2. The molecule has 0 atom stereocenters. The van der Waals surface area contributed by atoms with Gasteiger partial charge in [0.05, 0.1) is 0 Å². The Balaban J connectivity index is 1.92. The summed E-state index contributed by atoms with van der Waals surface area (Å²) in [7, 11) is 4.11. The summed E-state index contributed by atoms with van der Waals surface area (Å²) in [6.45, 7) is 6.39. The van der Waals surface area contributed by atoms with E-state index in [1.165, 1.54) is 16.8 Å². The summed E-state index contributed by atoms with van der Waals surface area (Å²) in [5, 5.41) is 3.70. The molecular formula is C24H26N4. The van der Waals surface area contributed by atoms with Crippen molar-refractivity contribution in [2.45, 2.75) is 20.8 Å². The lowest BCUT2D eigenvalue weighted by Crippen LogP contribution is -2.08. The van der Waals surface area contributed by atoms with Gasteiger partial charge in [-0.2, -0.15) is 0 Å². The zero-order valence-electron chi connectivity index (χ0n) is 17.1. The van der Waals surface area contributed by atoms with E-state index < -0.39 is 0 Å². The van der Waals surface area contributed by atoms with E-state index in [0.717, 1.165) is 34.1 Å². The number of para-hydroxylation sites is 1. The van der Waals surface area contributed by atoms with Gasteiger partial charge in [0.25, 0.3) is 0 Å². The Morgan fingerprint density at radius 2 is 1.46 bits per heavy atom. The second-order valence-electron chi connectivity index (χ2n) is 7.50. The number of hydrogen-bond acceptors (Lipinski definition) is 3. The van der Waals surface area contributed by atoms with Crippen LogP contribution < -0.4 is 10.2 Å². The summed E-state index contributed by atoms with van der Waals surface area (Å²) in [6, 6.07) is 21.1. The SMILES string of the molecule is Cc1cccc(C)c1Nc1c(-c2ccc(N(C)C)cc2)nc2cccc(C)n12. The van der Waals surface area contributed by atoms with Gasteiger partial charge in [-0.3, -0.25) is 4.40 Å². The lowest BCUT2D eigenvalue weighted by atomic mass is 10.1. The van der Waals surface area contributed by atoms with Crippen molar-refractivity contribution in [3.8, 4) is 11.3 Å². The summed E-state index contributed by atoms with van der Waals surface area (Å²) in [4.78, 5) is 7.07. The zero-order valence-corrected chi connectivity index (χ0v) is 17.1. The Morgan fingerprint density at radius 1 is 0.821 bits per heavy atom. The van der Waals surface area contributed by atoms with Gasteiger partial charge in [-0.05, 0) is 56.2 Å². The van der Waals surface area contributed by atoms with Gasteiger partial charge in [0.1, 0.15) is 17.2 Å². The van der Waals surface area contributed by atoms with Crippen molar-refractivity contribution >= 4 is 22.8 Å². The van der Waals surface area contributed by atoms with Crippen LogP contribution in [0.3, 0.4) is 0 Å². The average molecular weight is 371 g/mol.